The summed E-state index contributed by atoms with van der Waals surface area (Å²) in [6.45, 7) is 6.45. The summed E-state index contributed by atoms with van der Waals surface area (Å²) in [6.07, 6.45) is 72.0. The van der Waals surface area contributed by atoms with Gasteiger partial charge in [-0.2, -0.15) is 0 Å². The smallest absolute Gasteiger partial charge is 0.306 e. The highest BCUT2D eigenvalue weighted by atomic mass is 16.6. The van der Waals surface area contributed by atoms with Crippen LogP contribution >= 0.6 is 0 Å². The minimum absolute atomic E-state index is 0.0800. The largest absolute Gasteiger partial charge is 0.462 e. The van der Waals surface area contributed by atoms with Crippen LogP contribution in [-0.4, -0.2) is 37.2 Å². The average molecular weight is 950 g/mol. The number of hydrogen-bond donors (Lipinski definition) is 0. The molecule has 0 spiro atoms. The first-order chi connectivity index (χ1) is 33.5. The highest BCUT2D eigenvalue weighted by Gasteiger charge is 2.19. The second-order valence-electron chi connectivity index (χ2n) is 19.2. The topological polar surface area (TPSA) is 78.9 Å². The van der Waals surface area contributed by atoms with Crippen molar-refractivity contribution in [3.63, 3.8) is 0 Å². The third kappa shape index (κ3) is 53.8. The van der Waals surface area contributed by atoms with E-state index in [1.807, 2.05) is 0 Å². The molecule has 0 N–H and O–H groups in total. The van der Waals surface area contributed by atoms with E-state index < -0.39 is 6.10 Å². The molecule has 0 saturated heterocycles. The van der Waals surface area contributed by atoms with Gasteiger partial charge in [0.05, 0.1) is 0 Å². The van der Waals surface area contributed by atoms with Crippen molar-refractivity contribution in [3.05, 3.63) is 72.9 Å². The van der Waals surface area contributed by atoms with E-state index in [1.165, 1.54) is 135 Å². The lowest BCUT2D eigenvalue weighted by atomic mass is 10.0. The van der Waals surface area contributed by atoms with Crippen molar-refractivity contribution in [2.24, 2.45) is 0 Å². The Morgan fingerprint density at radius 2 is 0.603 bits per heavy atom. The SMILES string of the molecule is CC/C=C\C/C=C\C/C=C\C/C=C\CCCCCCCCCCCCCCCCC(=O)OCC(COC(=O)CCCCCCC/C=C\CCC)OC(=O)CCCCCCC/C=C\CCCCCC. The molecule has 0 saturated carbocycles. The van der Waals surface area contributed by atoms with E-state index >= 15 is 0 Å². The second kappa shape index (κ2) is 56.4. The number of allylic oxidation sites excluding steroid dienone is 12. The van der Waals surface area contributed by atoms with Crippen LogP contribution in [0.3, 0.4) is 0 Å². The number of ether oxygens (including phenoxy) is 3. The Morgan fingerprint density at radius 1 is 0.309 bits per heavy atom. The van der Waals surface area contributed by atoms with Gasteiger partial charge in [0, 0.05) is 19.3 Å². The van der Waals surface area contributed by atoms with Crippen LogP contribution in [0.1, 0.15) is 284 Å². The first-order valence-corrected chi connectivity index (χ1v) is 28.9. The van der Waals surface area contributed by atoms with Gasteiger partial charge in [0.15, 0.2) is 6.10 Å². The molecule has 0 radical (unpaired) electrons. The Kier molecular flexibility index (Phi) is 53.8. The molecule has 0 amide bonds. The zero-order valence-electron chi connectivity index (χ0n) is 44.9. The predicted octanol–water partition coefficient (Wildman–Crippen LogP) is 19.4. The molecule has 1 atom stereocenters. The summed E-state index contributed by atoms with van der Waals surface area (Å²) in [5.74, 6) is -0.894. The van der Waals surface area contributed by atoms with Gasteiger partial charge < -0.3 is 14.2 Å². The highest BCUT2D eigenvalue weighted by molar-refractivity contribution is 5.71. The summed E-state index contributed by atoms with van der Waals surface area (Å²) in [4.78, 5) is 38.0. The molecule has 1 unspecified atom stereocenters. The van der Waals surface area contributed by atoms with Gasteiger partial charge in [-0.05, 0) is 103 Å². The fourth-order valence-corrected chi connectivity index (χ4v) is 8.08. The molecule has 0 aromatic heterocycles. The Labute approximate surface area is 421 Å². The van der Waals surface area contributed by atoms with Crippen LogP contribution < -0.4 is 0 Å². The van der Waals surface area contributed by atoms with E-state index in [2.05, 4.69) is 93.7 Å². The zero-order valence-corrected chi connectivity index (χ0v) is 44.9. The molecule has 0 aromatic carbocycles. The molecule has 392 valence electrons. The number of esters is 3. The van der Waals surface area contributed by atoms with Crippen LogP contribution in [0, 0.1) is 0 Å². The number of unbranched alkanes of at least 4 members (excludes halogenated alkanes) is 29. The molecular formula is C62H108O6. The summed E-state index contributed by atoms with van der Waals surface area (Å²) in [6, 6.07) is 0. The number of rotatable bonds is 52. The van der Waals surface area contributed by atoms with Gasteiger partial charge in [0.1, 0.15) is 13.2 Å². The summed E-state index contributed by atoms with van der Waals surface area (Å²) in [7, 11) is 0. The molecule has 6 heteroatoms. The lowest BCUT2D eigenvalue weighted by Crippen LogP contribution is -2.30. The molecule has 0 fully saturated rings. The summed E-state index contributed by atoms with van der Waals surface area (Å²) >= 11 is 0. The lowest BCUT2D eigenvalue weighted by molar-refractivity contribution is -0.167. The van der Waals surface area contributed by atoms with Crippen LogP contribution in [0.4, 0.5) is 0 Å². The van der Waals surface area contributed by atoms with Crippen LogP contribution in [-0.2, 0) is 28.6 Å². The van der Waals surface area contributed by atoms with Crippen molar-refractivity contribution >= 4 is 17.9 Å². The number of carbonyl (C=O) groups excluding carboxylic acids is 3. The Bertz CT molecular complexity index is 1270. The quantitative estimate of drug-likeness (QED) is 0.0262. The predicted molar refractivity (Wildman–Crippen MR) is 293 cm³/mol. The lowest BCUT2D eigenvalue weighted by Gasteiger charge is -2.18. The minimum Gasteiger partial charge on any atom is -0.462 e. The summed E-state index contributed by atoms with van der Waals surface area (Å²) in [5.41, 5.74) is 0. The Balaban J connectivity index is 4.17. The van der Waals surface area contributed by atoms with Gasteiger partial charge in [0.2, 0.25) is 0 Å². The summed E-state index contributed by atoms with van der Waals surface area (Å²) in [5, 5.41) is 0. The first-order valence-electron chi connectivity index (χ1n) is 28.9. The van der Waals surface area contributed by atoms with Crippen molar-refractivity contribution in [1.82, 2.24) is 0 Å². The molecule has 0 aliphatic carbocycles. The maximum absolute atomic E-state index is 12.8. The van der Waals surface area contributed by atoms with Gasteiger partial charge in [-0.1, -0.05) is 235 Å². The molecule has 0 aromatic rings. The molecule has 6 nitrogen and oxygen atoms in total. The van der Waals surface area contributed by atoms with Crippen LogP contribution in [0.15, 0.2) is 72.9 Å². The second-order valence-corrected chi connectivity index (χ2v) is 19.2. The van der Waals surface area contributed by atoms with Crippen LogP contribution in [0.25, 0.3) is 0 Å². The van der Waals surface area contributed by atoms with Crippen molar-refractivity contribution in [2.45, 2.75) is 290 Å². The molecule has 68 heavy (non-hydrogen) atoms. The van der Waals surface area contributed by atoms with E-state index in [4.69, 9.17) is 14.2 Å². The molecular weight excluding hydrogens is 841 g/mol. The van der Waals surface area contributed by atoms with E-state index in [9.17, 15) is 14.4 Å². The maximum Gasteiger partial charge on any atom is 0.306 e. The fraction of sp³-hybridized carbons (Fsp3) is 0.758. The van der Waals surface area contributed by atoms with Crippen LogP contribution in [0.5, 0.6) is 0 Å². The van der Waals surface area contributed by atoms with E-state index in [1.54, 1.807) is 0 Å². The third-order valence-electron chi connectivity index (χ3n) is 12.4. The molecule has 0 heterocycles. The third-order valence-corrected chi connectivity index (χ3v) is 12.4. The Hall–Kier alpha value is -3.15. The Morgan fingerprint density at radius 3 is 0.971 bits per heavy atom. The fourth-order valence-electron chi connectivity index (χ4n) is 8.08. The van der Waals surface area contributed by atoms with Crippen molar-refractivity contribution < 1.29 is 28.6 Å². The summed E-state index contributed by atoms with van der Waals surface area (Å²) < 4.78 is 16.8. The van der Waals surface area contributed by atoms with Gasteiger partial charge >= 0.3 is 17.9 Å². The standard InChI is InChI=1S/C62H108O6/c1-4-7-10-13-16-19-22-24-25-26-27-28-29-30-31-32-33-34-35-36-37-39-40-43-46-49-52-55-61(64)67-58-59(57-66-60(63)54-51-48-45-42-21-18-15-12-9-6-3)68-62(65)56-53-50-47-44-41-38-23-20-17-14-11-8-5-2/h7,10,12,15-16,19-20,23-25,27-28,59H,4-6,8-9,11,13-14,17-18,21-22,26,29-58H2,1-3H3/b10-7-,15-12-,19-16-,23-20-,25-24-,28-27-. The van der Waals surface area contributed by atoms with E-state index in [0.29, 0.717) is 19.3 Å². The van der Waals surface area contributed by atoms with Crippen molar-refractivity contribution in [1.29, 1.82) is 0 Å². The normalized spacial score (nSPS) is 12.6. The molecule has 0 rings (SSSR count). The molecule has 0 bridgehead atoms. The monoisotopic (exact) mass is 949 g/mol. The zero-order chi connectivity index (χ0) is 49.3. The van der Waals surface area contributed by atoms with Gasteiger partial charge in [0.25, 0.3) is 0 Å². The minimum atomic E-state index is -0.781. The van der Waals surface area contributed by atoms with Gasteiger partial charge in [-0.25, -0.2) is 0 Å². The molecule has 0 aliphatic rings. The number of carbonyl (C=O) groups is 3. The molecule has 0 aliphatic heterocycles. The first kappa shape index (κ1) is 64.8. The van der Waals surface area contributed by atoms with E-state index in [0.717, 1.165) is 109 Å². The van der Waals surface area contributed by atoms with Gasteiger partial charge in [-0.15, -0.1) is 0 Å². The maximum atomic E-state index is 12.8. The van der Waals surface area contributed by atoms with Crippen molar-refractivity contribution in [2.75, 3.05) is 13.2 Å². The van der Waals surface area contributed by atoms with E-state index in [-0.39, 0.29) is 31.1 Å². The van der Waals surface area contributed by atoms with Crippen molar-refractivity contribution in [3.8, 4) is 0 Å². The highest BCUT2D eigenvalue weighted by Crippen LogP contribution is 2.16. The van der Waals surface area contributed by atoms with Gasteiger partial charge in [-0.3, -0.25) is 14.4 Å². The van der Waals surface area contributed by atoms with Crippen LogP contribution in [0.2, 0.25) is 0 Å². The average Bonchev–Trinajstić information content (AvgIpc) is 3.34. The number of hydrogen-bond acceptors (Lipinski definition) is 6.